The first-order valence-electron chi connectivity index (χ1n) is 10.1. The quantitative estimate of drug-likeness (QED) is 0.853. The molecule has 1 aromatic carbocycles. The minimum absolute atomic E-state index is 0.00663. The van der Waals surface area contributed by atoms with Crippen molar-refractivity contribution in [3.05, 3.63) is 29.8 Å². The molecule has 0 spiro atoms. The predicted molar refractivity (Wildman–Crippen MR) is 107 cm³/mol. The lowest BCUT2D eigenvalue weighted by molar-refractivity contribution is -0.126. The SMILES string of the molecule is CC(C)(C)c1ccc(S(=O)(=O)N2CCC(C(=O)NC3CCCC3)CC2)cc1. The zero-order valence-corrected chi connectivity index (χ0v) is 17.5. The van der Waals surface area contributed by atoms with Crippen LogP contribution in [0, 0.1) is 5.92 Å². The molecule has 0 aromatic heterocycles. The summed E-state index contributed by atoms with van der Waals surface area (Å²) in [4.78, 5) is 12.8. The van der Waals surface area contributed by atoms with Gasteiger partial charge in [0.2, 0.25) is 15.9 Å². The molecule has 1 aliphatic heterocycles. The summed E-state index contributed by atoms with van der Waals surface area (Å²) in [6.07, 6.45) is 5.72. The molecule has 1 saturated heterocycles. The molecule has 1 aliphatic carbocycles. The first-order valence-corrected chi connectivity index (χ1v) is 11.5. The third kappa shape index (κ3) is 4.72. The fourth-order valence-corrected chi connectivity index (χ4v) is 5.49. The Balaban J connectivity index is 1.60. The van der Waals surface area contributed by atoms with Gasteiger partial charge in [0.15, 0.2) is 0 Å². The minimum Gasteiger partial charge on any atom is -0.353 e. The van der Waals surface area contributed by atoms with Gasteiger partial charge in [0.1, 0.15) is 0 Å². The van der Waals surface area contributed by atoms with E-state index in [2.05, 4.69) is 26.1 Å². The second-order valence-electron chi connectivity index (χ2n) is 8.94. The Labute approximate surface area is 163 Å². The van der Waals surface area contributed by atoms with E-state index < -0.39 is 10.0 Å². The highest BCUT2D eigenvalue weighted by molar-refractivity contribution is 7.89. The van der Waals surface area contributed by atoms with Crippen LogP contribution in [-0.2, 0) is 20.2 Å². The van der Waals surface area contributed by atoms with Crippen LogP contribution >= 0.6 is 0 Å². The number of carbonyl (C=O) groups excluding carboxylic acids is 1. The van der Waals surface area contributed by atoms with Gasteiger partial charge in [-0.1, -0.05) is 45.7 Å². The van der Waals surface area contributed by atoms with Gasteiger partial charge in [0.25, 0.3) is 0 Å². The van der Waals surface area contributed by atoms with Gasteiger partial charge >= 0.3 is 0 Å². The molecule has 2 fully saturated rings. The lowest BCUT2D eigenvalue weighted by Crippen LogP contribution is -2.44. The van der Waals surface area contributed by atoms with Crippen molar-refractivity contribution in [2.24, 2.45) is 5.92 Å². The highest BCUT2D eigenvalue weighted by Gasteiger charge is 2.33. The number of nitrogens with one attached hydrogen (secondary N) is 1. The van der Waals surface area contributed by atoms with Crippen LogP contribution in [0.1, 0.15) is 64.9 Å². The van der Waals surface area contributed by atoms with Crippen molar-refractivity contribution in [1.82, 2.24) is 9.62 Å². The molecule has 0 unspecified atom stereocenters. The molecule has 5 nitrogen and oxygen atoms in total. The van der Waals surface area contributed by atoms with Gasteiger partial charge in [-0.3, -0.25) is 4.79 Å². The molecular weight excluding hydrogens is 360 g/mol. The second kappa shape index (κ2) is 7.92. The van der Waals surface area contributed by atoms with E-state index in [0.29, 0.717) is 36.9 Å². The van der Waals surface area contributed by atoms with Crippen molar-refractivity contribution in [3.63, 3.8) is 0 Å². The van der Waals surface area contributed by atoms with Crippen molar-refractivity contribution in [2.75, 3.05) is 13.1 Å². The summed E-state index contributed by atoms with van der Waals surface area (Å²) in [6.45, 7) is 7.14. The molecule has 6 heteroatoms. The Morgan fingerprint density at radius 2 is 1.56 bits per heavy atom. The molecule has 2 aliphatic rings. The van der Waals surface area contributed by atoms with E-state index >= 15 is 0 Å². The molecule has 0 radical (unpaired) electrons. The number of piperidine rings is 1. The van der Waals surface area contributed by atoms with Gasteiger partial charge in [-0.25, -0.2) is 8.42 Å². The number of sulfonamides is 1. The normalized spacial score (nSPS) is 20.7. The first kappa shape index (κ1) is 20.3. The summed E-state index contributed by atoms with van der Waals surface area (Å²) < 4.78 is 27.4. The molecule has 1 heterocycles. The van der Waals surface area contributed by atoms with Crippen LogP contribution in [0.5, 0.6) is 0 Å². The Morgan fingerprint density at radius 3 is 2.07 bits per heavy atom. The molecule has 1 N–H and O–H groups in total. The van der Waals surface area contributed by atoms with Gasteiger partial charge in [-0.05, 0) is 48.8 Å². The van der Waals surface area contributed by atoms with E-state index in [4.69, 9.17) is 0 Å². The lowest BCUT2D eigenvalue weighted by Gasteiger charge is -2.31. The summed E-state index contributed by atoms with van der Waals surface area (Å²) in [5.74, 6) is 0.0359. The van der Waals surface area contributed by atoms with Crippen LogP contribution in [0.4, 0.5) is 0 Å². The average Bonchev–Trinajstić information content (AvgIpc) is 3.14. The van der Waals surface area contributed by atoms with Gasteiger partial charge in [0.05, 0.1) is 4.90 Å². The number of nitrogens with zero attached hydrogens (tertiary/aromatic N) is 1. The highest BCUT2D eigenvalue weighted by Crippen LogP contribution is 2.27. The number of carbonyl (C=O) groups is 1. The Kier molecular flexibility index (Phi) is 5.96. The van der Waals surface area contributed by atoms with E-state index in [-0.39, 0.29) is 17.2 Å². The lowest BCUT2D eigenvalue weighted by atomic mass is 9.87. The van der Waals surface area contributed by atoms with Crippen molar-refractivity contribution < 1.29 is 13.2 Å². The number of benzene rings is 1. The van der Waals surface area contributed by atoms with E-state index in [1.165, 1.54) is 17.1 Å². The van der Waals surface area contributed by atoms with Crippen molar-refractivity contribution in [2.45, 2.75) is 75.6 Å². The van der Waals surface area contributed by atoms with Gasteiger partial charge < -0.3 is 5.32 Å². The van der Waals surface area contributed by atoms with Crippen LogP contribution in [-0.4, -0.2) is 37.8 Å². The summed E-state index contributed by atoms with van der Waals surface area (Å²) in [5, 5.41) is 3.15. The average molecular weight is 393 g/mol. The highest BCUT2D eigenvalue weighted by atomic mass is 32.2. The summed E-state index contributed by atoms with van der Waals surface area (Å²) in [6, 6.07) is 7.52. The van der Waals surface area contributed by atoms with Crippen LogP contribution in [0.25, 0.3) is 0 Å². The Bertz CT molecular complexity index is 752. The summed E-state index contributed by atoms with van der Waals surface area (Å²) in [5.41, 5.74) is 1.11. The van der Waals surface area contributed by atoms with Crippen molar-refractivity contribution in [3.8, 4) is 0 Å². The van der Waals surface area contributed by atoms with Crippen molar-refractivity contribution >= 4 is 15.9 Å². The summed E-state index contributed by atoms with van der Waals surface area (Å²) in [7, 11) is -3.49. The van der Waals surface area contributed by atoms with Crippen LogP contribution < -0.4 is 5.32 Å². The topological polar surface area (TPSA) is 66.5 Å². The van der Waals surface area contributed by atoms with Gasteiger partial charge in [-0.2, -0.15) is 4.31 Å². The molecular formula is C21H32N2O3S. The third-order valence-corrected chi connectivity index (χ3v) is 7.80. The standard InChI is InChI=1S/C21H32N2O3S/c1-21(2,3)17-8-10-19(11-9-17)27(25,26)23-14-12-16(13-15-23)20(24)22-18-6-4-5-7-18/h8-11,16,18H,4-7,12-15H2,1-3H3,(H,22,24). The van der Waals surface area contributed by atoms with Crippen LogP contribution in [0.2, 0.25) is 0 Å². The molecule has 150 valence electrons. The third-order valence-electron chi connectivity index (χ3n) is 5.88. The maximum atomic E-state index is 12.9. The zero-order chi connectivity index (χ0) is 19.7. The maximum absolute atomic E-state index is 12.9. The van der Waals surface area contributed by atoms with E-state index in [1.807, 2.05) is 12.1 Å². The van der Waals surface area contributed by atoms with E-state index in [1.54, 1.807) is 12.1 Å². The van der Waals surface area contributed by atoms with Crippen LogP contribution in [0.3, 0.4) is 0 Å². The Hall–Kier alpha value is -1.40. The molecule has 3 rings (SSSR count). The molecule has 1 aromatic rings. The first-order chi connectivity index (χ1) is 12.7. The summed E-state index contributed by atoms with van der Waals surface area (Å²) >= 11 is 0. The Morgan fingerprint density at radius 1 is 1.00 bits per heavy atom. The number of hydrogen-bond donors (Lipinski definition) is 1. The van der Waals surface area contributed by atoms with Gasteiger partial charge in [0, 0.05) is 25.0 Å². The zero-order valence-electron chi connectivity index (χ0n) is 16.7. The van der Waals surface area contributed by atoms with Crippen molar-refractivity contribution in [1.29, 1.82) is 0 Å². The molecule has 1 amide bonds. The number of amides is 1. The smallest absolute Gasteiger partial charge is 0.243 e. The van der Waals surface area contributed by atoms with Crippen LogP contribution in [0.15, 0.2) is 29.2 Å². The van der Waals surface area contributed by atoms with Gasteiger partial charge in [-0.15, -0.1) is 0 Å². The maximum Gasteiger partial charge on any atom is 0.243 e. The molecule has 1 saturated carbocycles. The van der Waals surface area contributed by atoms with E-state index in [0.717, 1.165) is 18.4 Å². The fraction of sp³-hybridized carbons (Fsp3) is 0.667. The van der Waals surface area contributed by atoms with E-state index in [9.17, 15) is 13.2 Å². The number of rotatable bonds is 4. The largest absolute Gasteiger partial charge is 0.353 e. The molecule has 27 heavy (non-hydrogen) atoms. The minimum atomic E-state index is -3.49. The number of hydrogen-bond acceptors (Lipinski definition) is 3. The molecule has 0 atom stereocenters. The predicted octanol–water partition coefficient (Wildman–Crippen LogP) is 3.44. The monoisotopic (exact) mass is 392 g/mol. The molecule has 0 bridgehead atoms. The fourth-order valence-electron chi connectivity index (χ4n) is 4.02. The second-order valence-corrected chi connectivity index (χ2v) is 10.9.